The van der Waals surface area contributed by atoms with Crippen LogP contribution < -0.4 is 5.32 Å². The third kappa shape index (κ3) is 1.54. The molecular weight excluding hydrogens is 154 g/mol. The first-order valence-corrected chi connectivity index (χ1v) is 4.79. The number of amides is 1. The quantitative estimate of drug-likeness (QED) is 0.648. The fourth-order valence-electron chi connectivity index (χ4n) is 2.19. The van der Waals surface area contributed by atoms with Gasteiger partial charge in [0.15, 0.2) is 0 Å². The molecule has 1 aliphatic carbocycles. The number of nitrogens with one attached hydrogen (secondary N) is 1. The molecule has 12 heavy (non-hydrogen) atoms. The highest BCUT2D eigenvalue weighted by Gasteiger charge is 2.30. The second-order valence-electron chi connectivity index (χ2n) is 3.75. The Bertz CT molecular complexity index is 175. The van der Waals surface area contributed by atoms with Crippen LogP contribution in [-0.2, 0) is 4.74 Å². The summed E-state index contributed by atoms with van der Waals surface area (Å²) in [5, 5.41) is 2.86. The molecule has 3 heteroatoms. The van der Waals surface area contributed by atoms with Gasteiger partial charge in [0.2, 0.25) is 0 Å². The van der Waals surface area contributed by atoms with E-state index in [1.165, 1.54) is 32.1 Å². The molecule has 1 unspecified atom stereocenters. The topological polar surface area (TPSA) is 38.3 Å². The molecule has 1 amide bonds. The lowest BCUT2D eigenvalue weighted by Gasteiger charge is -2.25. The van der Waals surface area contributed by atoms with Gasteiger partial charge in [-0.15, -0.1) is 0 Å². The smallest absolute Gasteiger partial charge is 0.407 e. The van der Waals surface area contributed by atoms with Crippen LogP contribution in [0.5, 0.6) is 0 Å². The van der Waals surface area contributed by atoms with Gasteiger partial charge >= 0.3 is 6.09 Å². The largest absolute Gasteiger partial charge is 0.447 e. The third-order valence-corrected chi connectivity index (χ3v) is 2.92. The number of cyclic esters (lactones) is 1. The predicted molar refractivity (Wildman–Crippen MR) is 44.8 cm³/mol. The van der Waals surface area contributed by atoms with Gasteiger partial charge in [0.05, 0.1) is 6.04 Å². The van der Waals surface area contributed by atoms with Crippen LogP contribution in [0.2, 0.25) is 0 Å². The molecule has 3 nitrogen and oxygen atoms in total. The van der Waals surface area contributed by atoms with Gasteiger partial charge in [-0.2, -0.15) is 0 Å². The minimum Gasteiger partial charge on any atom is -0.447 e. The van der Waals surface area contributed by atoms with E-state index in [0.717, 1.165) is 0 Å². The molecule has 2 rings (SSSR count). The van der Waals surface area contributed by atoms with E-state index in [1.54, 1.807) is 0 Å². The molecule has 0 bridgehead atoms. The lowest BCUT2D eigenvalue weighted by Crippen LogP contribution is -2.35. The van der Waals surface area contributed by atoms with Gasteiger partial charge in [-0.3, -0.25) is 0 Å². The molecule has 68 valence electrons. The fraction of sp³-hybridized carbons (Fsp3) is 0.889. The first kappa shape index (κ1) is 7.90. The molecule has 0 aromatic rings. The van der Waals surface area contributed by atoms with Gasteiger partial charge < -0.3 is 10.1 Å². The molecule has 1 saturated carbocycles. The van der Waals surface area contributed by atoms with Gasteiger partial charge in [0, 0.05) is 0 Å². The van der Waals surface area contributed by atoms with E-state index >= 15 is 0 Å². The average Bonchev–Trinajstić information content (AvgIpc) is 2.54. The molecule has 0 spiro atoms. The third-order valence-electron chi connectivity index (χ3n) is 2.92. The second-order valence-corrected chi connectivity index (χ2v) is 3.75. The number of carbonyl (C=O) groups is 1. The summed E-state index contributed by atoms with van der Waals surface area (Å²) in [6.07, 6.45) is 6.28. The average molecular weight is 169 g/mol. The van der Waals surface area contributed by atoms with Crippen LogP contribution in [0.15, 0.2) is 0 Å². The zero-order chi connectivity index (χ0) is 8.39. The predicted octanol–water partition coefficient (Wildman–Crippen LogP) is 1.68. The van der Waals surface area contributed by atoms with Crippen molar-refractivity contribution < 1.29 is 9.53 Å². The Balaban J connectivity index is 1.86. The molecule has 1 N–H and O–H groups in total. The maximum absolute atomic E-state index is 10.8. The summed E-state index contributed by atoms with van der Waals surface area (Å²) >= 11 is 0. The maximum atomic E-state index is 10.8. The van der Waals surface area contributed by atoms with Crippen molar-refractivity contribution in [1.82, 2.24) is 5.32 Å². The summed E-state index contributed by atoms with van der Waals surface area (Å²) in [6, 6.07) is 0.304. The molecule has 1 heterocycles. The van der Waals surface area contributed by atoms with Crippen LogP contribution >= 0.6 is 0 Å². The van der Waals surface area contributed by atoms with E-state index in [4.69, 9.17) is 4.74 Å². The van der Waals surface area contributed by atoms with E-state index < -0.39 is 0 Å². The number of alkyl carbamates (subject to hydrolysis) is 1. The molecule has 0 radical (unpaired) electrons. The summed E-state index contributed by atoms with van der Waals surface area (Å²) in [5.74, 6) is 0.671. The monoisotopic (exact) mass is 169 g/mol. The standard InChI is InChI=1S/C9H15NO2/c11-9-10-8(6-12-9)7-4-2-1-3-5-7/h7-8H,1-6H2,(H,10,11). The molecule has 2 fully saturated rings. The molecule has 1 aliphatic heterocycles. The highest BCUT2D eigenvalue weighted by molar-refractivity contribution is 5.69. The van der Waals surface area contributed by atoms with Crippen molar-refractivity contribution in [3.05, 3.63) is 0 Å². The number of ether oxygens (including phenoxy) is 1. The van der Waals surface area contributed by atoms with Crippen molar-refractivity contribution in [2.24, 2.45) is 5.92 Å². The Kier molecular flexibility index (Phi) is 2.19. The lowest BCUT2D eigenvalue weighted by molar-refractivity contribution is 0.173. The van der Waals surface area contributed by atoms with Gasteiger partial charge in [-0.1, -0.05) is 19.3 Å². The Hall–Kier alpha value is -0.730. The number of hydrogen-bond donors (Lipinski definition) is 1. The van der Waals surface area contributed by atoms with Crippen molar-refractivity contribution in [2.75, 3.05) is 6.61 Å². The Morgan fingerprint density at radius 1 is 1.25 bits per heavy atom. The minimum atomic E-state index is -0.231. The van der Waals surface area contributed by atoms with E-state index in [1.807, 2.05) is 0 Å². The molecular formula is C9H15NO2. The fourth-order valence-corrected chi connectivity index (χ4v) is 2.19. The minimum absolute atomic E-state index is 0.231. The highest BCUT2D eigenvalue weighted by atomic mass is 16.6. The van der Waals surface area contributed by atoms with Gasteiger partial charge in [-0.05, 0) is 18.8 Å². The number of carbonyl (C=O) groups excluding carboxylic acids is 1. The van der Waals surface area contributed by atoms with Crippen LogP contribution in [-0.4, -0.2) is 18.7 Å². The van der Waals surface area contributed by atoms with Crippen LogP contribution in [0.1, 0.15) is 32.1 Å². The van der Waals surface area contributed by atoms with Crippen LogP contribution in [0.3, 0.4) is 0 Å². The Morgan fingerprint density at radius 2 is 2.00 bits per heavy atom. The Morgan fingerprint density at radius 3 is 2.58 bits per heavy atom. The summed E-state index contributed by atoms with van der Waals surface area (Å²) < 4.78 is 4.87. The summed E-state index contributed by atoms with van der Waals surface area (Å²) in [4.78, 5) is 10.8. The first-order chi connectivity index (χ1) is 5.86. The Labute approximate surface area is 72.5 Å². The van der Waals surface area contributed by atoms with Crippen LogP contribution in [0, 0.1) is 5.92 Å². The SMILES string of the molecule is O=C1NC(C2CCCCC2)CO1. The number of hydrogen-bond acceptors (Lipinski definition) is 2. The van der Waals surface area contributed by atoms with Crippen molar-refractivity contribution in [2.45, 2.75) is 38.1 Å². The highest BCUT2D eigenvalue weighted by Crippen LogP contribution is 2.27. The molecule has 1 atom stereocenters. The van der Waals surface area contributed by atoms with Crippen molar-refractivity contribution in [3.8, 4) is 0 Å². The van der Waals surface area contributed by atoms with E-state index in [-0.39, 0.29) is 6.09 Å². The molecule has 1 saturated heterocycles. The number of rotatable bonds is 1. The summed E-state index contributed by atoms with van der Waals surface area (Å²) in [6.45, 7) is 0.587. The van der Waals surface area contributed by atoms with Crippen LogP contribution in [0.25, 0.3) is 0 Å². The normalized spacial score (nSPS) is 31.3. The molecule has 0 aromatic heterocycles. The second kappa shape index (κ2) is 3.33. The van der Waals surface area contributed by atoms with Gasteiger partial charge in [0.25, 0.3) is 0 Å². The summed E-state index contributed by atoms with van der Waals surface area (Å²) in [5.41, 5.74) is 0. The zero-order valence-corrected chi connectivity index (χ0v) is 7.21. The zero-order valence-electron chi connectivity index (χ0n) is 7.21. The molecule has 0 aromatic carbocycles. The van der Waals surface area contributed by atoms with Crippen molar-refractivity contribution in [3.63, 3.8) is 0 Å². The van der Waals surface area contributed by atoms with Crippen LogP contribution in [0.4, 0.5) is 4.79 Å². The van der Waals surface area contributed by atoms with E-state index in [2.05, 4.69) is 5.32 Å². The van der Waals surface area contributed by atoms with Crippen molar-refractivity contribution >= 4 is 6.09 Å². The molecule has 2 aliphatic rings. The first-order valence-electron chi connectivity index (χ1n) is 4.79. The lowest BCUT2D eigenvalue weighted by atomic mass is 9.84. The van der Waals surface area contributed by atoms with Gasteiger partial charge in [0.1, 0.15) is 6.61 Å². The summed E-state index contributed by atoms with van der Waals surface area (Å²) in [7, 11) is 0. The van der Waals surface area contributed by atoms with E-state index in [9.17, 15) is 4.79 Å². The van der Waals surface area contributed by atoms with Crippen molar-refractivity contribution in [1.29, 1.82) is 0 Å². The van der Waals surface area contributed by atoms with E-state index in [0.29, 0.717) is 18.6 Å². The maximum Gasteiger partial charge on any atom is 0.407 e. The van der Waals surface area contributed by atoms with Gasteiger partial charge in [-0.25, -0.2) is 4.79 Å².